The third kappa shape index (κ3) is 1.95. The molecule has 0 spiro atoms. The number of fused-ring (bicyclic) bond motifs is 1. The summed E-state index contributed by atoms with van der Waals surface area (Å²) < 4.78 is 19.1. The van der Waals surface area contributed by atoms with Crippen LogP contribution in [-0.2, 0) is 0 Å². The van der Waals surface area contributed by atoms with Crippen LogP contribution in [0.4, 0.5) is 4.39 Å². The normalized spacial score (nSPS) is 10.3. The molecule has 3 rings (SSSR count). The quantitative estimate of drug-likeness (QED) is 0.758. The number of nitrogens with one attached hydrogen (secondary N) is 1. The number of nitriles is 1. The van der Waals surface area contributed by atoms with Gasteiger partial charge in [-0.25, -0.2) is 14.4 Å². The summed E-state index contributed by atoms with van der Waals surface area (Å²) in [5, 5.41) is 15.7. The first-order valence-electron chi connectivity index (χ1n) is 5.29. The van der Waals surface area contributed by atoms with Gasteiger partial charge in [0.2, 0.25) is 5.88 Å². The van der Waals surface area contributed by atoms with E-state index in [1.165, 1.54) is 24.7 Å². The fourth-order valence-corrected chi connectivity index (χ4v) is 1.58. The molecule has 3 aromatic rings. The van der Waals surface area contributed by atoms with Crippen molar-refractivity contribution in [3.8, 4) is 17.7 Å². The predicted molar refractivity (Wildman–Crippen MR) is 62.9 cm³/mol. The number of benzene rings is 1. The molecule has 0 aliphatic rings. The summed E-state index contributed by atoms with van der Waals surface area (Å²) in [6.07, 6.45) is 2.78. The fraction of sp³-hybridized carbons (Fsp3) is 0. The second-order valence-electron chi connectivity index (χ2n) is 3.67. The van der Waals surface area contributed by atoms with Gasteiger partial charge in [-0.1, -0.05) is 0 Å². The molecule has 7 heteroatoms. The summed E-state index contributed by atoms with van der Waals surface area (Å²) in [6, 6.07) is 5.79. The molecule has 0 bridgehead atoms. The summed E-state index contributed by atoms with van der Waals surface area (Å²) in [7, 11) is 0. The first kappa shape index (κ1) is 11.1. The van der Waals surface area contributed by atoms with Gasteiger partial charge in [0.15, 0.2) is 17.2 Å². The Morgan fingerprint density at radius 3 is 3.00 bits per heavy atom. The van der Waals surface area contributed by atoms with Gasteiger partial charge in [-0.05, 0) is 18.2 Å². The summed E-state index contributed by atoms with van der Waals surface area (Å²) in [6.45, 7) is 0. The van der Waals surface area contributed by atoms with Crippen molar-refractivity contribution in [2.45, 2.75) is 0 Å². The van der Waals surface area contributed by atoms with Crippen molar-refractivity contribution in [1.29, 1.82) is 5.26 Å². The van der Waals surface area contributed by atoms with Crippen molar-refractivity contribution in [1.82, 2.24) is 20.2 Å². The molecule has 2 aromatic heterocycles. The second kappa shape index (κ2) is 4.34. The molecular formula is C12H6FN5O. The van der Waals surface area contributed by atoms with Gasteiger partial charge in [0, 0.05) is 0 Å². The van der Waals surface area contributed by atoms with Crippen molar-refractivity contribution in [2.75, 3.05) is 0 Å². The summed E-state index contributed by atoms with van der Waals surface area (Å²) in [5.74, 6) is -0.447. The zero-order valence-corrected chi connectivity index (χ0v) is 9.46. The molecule has 0 radical (unpaired) electrons. The van der Waals surface area contributed by atoms with E-state index in [1.807, 2.05) is 6.07 Å². The maximum absolute atomic E-state index is 13.7. The maximum Gasteiger partial charge on any atom is 0.233 e. The van der Waals surface area contributed by atoms with Gasteiger partial charge in [-0.15, -0.1) is 0 Å². The first-order chi connectivity index (χ1) is 9.28. The SMILES string of the molecule is N#Cc1ccc(Oc2ncnc3[nH]ncc23)c(F)c1. The molecule has 92 valence electrons. The number of aromatic nitrogens is 4. The molecule has 0 saturated carbocycles. The second-order valence-corrected chi connectivity index (χ2v) is 3.67. The average molecular weight is 255 g/mol. The van der Waals surface area contributed by atoms with Crippen molar-refractivity contribution < 1.29 is 9.13 Å². The molecule has 19 heavy (non-hydrogen) atoms. The third-order valence-electron chi connectivity index (χ3n) is 2.48. The number of halogens is 1. The summed E-state index contributed by atoms with van der Waals surface area (Å²) >= 11 is 0. The van der Waals surface area contributed by atoms with E-state index in [4.69, 9.17) is 10.00 Å². The smallest absolute Gasteiger partial charge is 0.233 e. The van der Waals surface area contributed by atoms with Crippen molar-refractivity contribution >= 4 is 11.0 Å². The standard InChI is InChI=1S/C12H6FN5O/c13-9-3-7(4-14)1-2-10(9)19-12-8-5-17-18-11(8)15-6-16-12/h1-3,5-6H,(H,15,16,17,18). The van der Waals surface area contributed by atoms with Gasteiger partial charge >= 0.3 is 0 Å². The van der Waals surface area contributed by atoms with Crippen molar-refractivity contribution in [3.05, 3.63) is 42.1 Å². The average Bonchev–Trinajstić information content (AvgIpc) is 2.90. The highest BCUT2D eigenvalue weighted by molar-refractivity contribution is 5.79. The van der Waals surface area contributed by atoms with Gasteiger partial charge in [0.25, 0.3) is 0 Å². The Morgan fingerprint density at radius 2 is 2.21 bits per heavy atom. The number of ether oxygens (including phenoxy) is 1. The molecule has 0 unspecified atom stereocenters. The van der Waals surface area contributed by atoms with Crippen LogP contribution in [0.2, 0.25) is 0 Å². The van der Waals surface area contributed by atoms with E-state index in [2.05, 4.69) is 20.2 Å². The van der Waals surface area contributed by atoms with Gasteiger partial charge in [0.1, 0.15) is 11.7 Å². The van der Waals surface area contributed by atoms with E-state index in [9.17, 15) is 4.39 Å². The zero-order valence-electron chi connectivity index (χ0n) is 9.46. The molecule has 0 aliphatic carbocycles. The number of nitrogens with zero attached hydrogens (tertiary/aromatic N) is 4. The highest BCUT2D eigenvalue weighted by Crippen LogP contribution is 2.27. The van der Waals surface area contributed by atoms with Crippen LogP contribution < -0.4 is 4.74 Å². The number of aromatic amines is 1. The van der Waals surface area contributed by atoms with Crippen LogP contribution in [0.25, 0.3) is 11.0 Å². The third-order valence-corrected chi connectivity index (χ3v) is 2.48. The van der Waals surface area contributed by atoms with Crippen LogP contribution in [0.5, 0.6) is 11.6 Å². The first-order valence-corrected chi connectivity index (χ1v) is 5.29. The van der Waals surface area contributed by atoms with Crippen LogP contribution in [-0.4, -0.2) is 20.2 Å². The molecule has 0 aliphatic heterocycles. The summed E-state index contributed by atoms with van der Waals surface area (Å²) in [4.78, 5) is 7.88. The molecule has 6 nitrogen and oxygen atoms in total. The van der Waals surface area contributed by atoms with Gasteiger partial charge < -0.3 is 4.74 Å². The number of hydrogen-bond acceptors (Lipinski definition) is 5. The largest absolute Gasteiger partial charge is 0.435 e. The maximum atomic E-state index is 13.7. The Labute approximate surface area is 106 Å². The van der Waals surface area contributed by atoms with E-state index < -0.39 is 5.82 Å². The lowest BCUT2D eigenvalue weighted by atomic mass is 10.2. The van der Waals surface area contributed by atoms with E-state index in [-0.39, 0.29) is 17.2 Å². The van der Waals surface area contributed by atoms with Crippen LogP contribution in [0.1, 0.15) is 5.56 Å². The number of hydrogen-bond donors (Lipinski definition) is 1. The van der Waals surface area contributed by atoms with E-state index in [1.54, 1.807) is 0 Å². The minimum Gasteiger partial charge on any atom is -0.435 e. The van der Waals surface area contributed by atoms with Gasteiger partial charge in [-0.3, -0.25) is 5.10 Å². The van der Waals surface area contributed by atoms with E-state index in [0.29, 0.717) is 11.0 Å². The van der Waals surface area contributed by atoms with Crippen LogP contribution in [0, 0.1) is 17.1 Å². The topological polar surface area (TPSA) is 87.5 Å². The van der Waals surface area contributed by atoms with Crippen molar-refractivity contribution in [3.63, 3.8) is 0 Å². The minimum atomic E-state index is -0.630. The summed E-state index contributed by atoms with van der Waals surface area (Å²) in [5.41, 5.74) is 0.722. The fourth-order valence-electron chi connectivity index (χ4n) is 1.58. The Morgan fingerprint density at radius 1 is 1.32 bits per heavy atom. The molecule has 1 N–H and O–H groups in total. The highest BCUT2D eigenvalue weighted by atomic mass is 19.1. The molecule has 2 heterocycles. The zero-order chi connectivity index (χ0) is 13.2. The lowest BCUT2D eigenvalue weighted by Gasteiger charge is -2.06. The molecule has 0 amide bonds. The molecule has 0 atom stereocenters. The minimum absolute atomic E-state index is 0.0137. The Kier molecular flexibility index (Phi) is 2.54. The highest BCUT2D eigenvalue weighted by Gasteiger charge is 2.11. The Balaban J connectivity index is 2.02. The van der Waals surface area contributed by atoms with Crippen molar-refractivity contribution in [2.24, 2.45) is 0 Å². The Bertz CT molecular complexity index is 792. The van der Waals surface area contributed by atoms with E-state index >= 15 is 0 Å². The molecule has 1 aromatic carbocycles. The molecule has 0 fully saturated rings. The predicted octanol–water partition coefficient (Wildman–Crippen LogP) is 2.16. The molecular weight excluding hydrogens is 249 g/mol. The van der Waals surface area contributed by atoms with Gasteiger partial charge in [-0.2, -0.15) is 10.4 Å². The Hall–Kier alpha value is -3.01. The monoisotopic (exact) mass is 255 g/mol. The van der Waals surface area contributed by atoms with Gasteiger partial charge in [0.05, 0.1) is 17.8 Å². The lowest BCUT2D eigenvalue weighted by molar-refractivity contribution is 0.431. The van der Waals surface area contributed by atoms with E-state index in [0.717, 1.165) is 6.07 Å². The number of rotatable bonds is 2. The van der Waals surface area contributed by atoms with Crippen LogP contribution in [0.15, 0.2) is 30.7 Å². The lowest BCUT2D eigenvalue weighted by Crippen LogP contribution is -1.93. The molecule has 0 saturated heterocycles. The number of H-pyrrole nitrogens is 1. The van der Waals surface area contributed by atoms with Crippen LogP contribution in [0.3, 0.4) is 0 Å². The van der Waals surface area contributed by atoms with Crippen LogP contribution >= 0.6 is 0 Å².